The summed E-state index contributed by atoms with van der Waals surface area (Å²) in [4.78, 5) is 16.1. The Kier molecular flexibility index (Phi) is 6.52. The van der Waals surface area contributed by atoms with Crippen molar-refractivity contribution >= 4 is 11.9 Å². The number of hydrogen-bond donors (Lipinski definition) is 2. The van der Waals surface area contributed by atoms with Gasteiger partial charge in [-0.2, -0.15) is 13.2 Å². The summed E-state index contributed by atoms with van der Waals surface area (Å²) in [5.74, 6) is 2.02. The van der Waals surface area contributed by atoms with Crippen LogP contribution in [-0.2, 0) is 11.8 Å². The lowest BCUT2D eigenvalue weighted by Gasteiger charge is -2.33. The lowest BCUT2D eigenvalue weighted by atomic mass is 9.74. The third-order valence-electron chi connectivity index (χ3n) is 6.12. The second kappa shape index (κ2) is 8.71. The number of nitrogens with one attached hydrogen (secondary N) is 1. The summed E-state index contributed by atoms with van der Waals surface area (Å²) in [7, 11) is 2.06. The third-order valence-corrected chi connectivity index (χ3v) is 6.12. The molecule has 2 N–H and O–H groups in total. The van der Waals surface area contributed by atoms with Crippen molar-refractivity contribution in [1.29, 1.82) is 0 Å². The van der Waals surface area contributed by atoms with E-state index in [-0.39, 0.29) is 0 Å². The second-order valence-electron chi connectivity index (χ2n) is 8.32. The van der Waals surface area contributed by atoms with Gasteiger partial charge < -0.3 is 19.9 Å². The highest BCUT2D eigenvalue weighted by molar-refractivity contribution is 5.73. The number of aromatic nitrogens is 2. The number of carboxylic acids is 1. The van der Waals surface area contributed by atoms with Crippen LogP contribution in [-0.4, -0.2) is 57.9 Å². The SMILES string of the molecule is Cn1ccnc1NC[C@@H]1CCC[C@@H]2CN(CC3CC3)C[C@@H]21.O=C(O)C(F)(F)F. The molecular weight excluding hydrogens is 373 g/mol. The van der Waals surface area contributed by atoms with E-state index in [1.54, 1.807) is 0 Å². The van der Waals surface area contributed by atoms with Gasteiger partial charge in [0.1, 0.15) is 0 Å². The van der Waals surface area contributed by atoms with Crippen LogP contribution in [0.2, 0.25) is 0 Å². The zero-order valence-corrected chi connectivity index (χ0v) is 16.2. The topological polar surface area (TPSA) is 70.4 Å². The van der Waals surface area contributed by atoms with Crippen molar-refractivity contribution in [3.63, 3.8) is 0 Å². The minimum Gasteiger partial charge on any atom is -0.475 e. The van der Waals surface area contributed by atoms with Gasteiger partial charge in [-0.05, 0) is 49.4 Å². The predicted octanol–water partition coefficient (Wildman–Crippen LogP) is 3.22. The molecule has 1 aromatic heterocycles. The van der Waals surface area contributed by atoms with Crippen molar-refractivity contribution in [2.75, 3.05) is 31.5 Å². The summed E-state index contributed by atoms with van der Waals surface area (Å²) in [6.07, 6.45) is 6.05. The van der Waals surface area contributed by atoms with E-state index in [0.717, 1.165) is 36.2 Å². The fourth-order valence-corrected chi connectivity index (χ4v) is 4.51. The molecule has 0 amide bonds. The number of nitrogens with zero attached hydrogens (tertiary/aromatic N) is 3. The fraction of sp³-hybridized carbons (Fsp3) is 0.789. The summed E-state index contributed by atoms with van der Waals surface area (Å²) in [6, 6.07) is 0. The third kappa shape index (κ3) is 5.62. The van der Waals surface area contributed by atoms with E-state index in [1.165, 1.54) is 51.7 Å². The lowest BCUT2D eigenvalue weighted by Crippen LogP contribution is -2.32. The van der Waals surface area contributed by atoms with Crippen LogP contribution in [0.1, 0.15) is 32.1 Å². The molecule has 0 unspecified atom stereocenters. The van der Waals surface area contributed by atoms with Crippen molar-refractivity contribution in [3.8, 4) is 0 Å². The van der Waals surface area contributed by atoms with E-state index < -0.39 is 12.1 Å². The molecule has 3 aliphatic rings. The Morgan fingerprint density at radius 2 is 2.00 bits per heavy atom. The molecule has 0 bridgehead atoms. The number of hydrogen-bond acceptors (Lipinski definition) is 4. The molecule has 158 valence electrons. The number of aliphatic carboxylic acids is 1. The zero-order chi connectivity index (χ0) is 20.3. The van der Waals surface area contributed by atoms with Crippen LogP contribution in [0.5, 0.6) is 0 Å². The fourth-order valence-electron chi connectivity index (χ4n) is 4.51. The molecule has 28 heavy (non-hydrogen) atoms. The molecule has 3 fully saturated rings. The number of imidazole rings is 1. The van der Waals surface area contributed by atoms with E-state index >= 15 is 0 Å². The summed E-state index contributed by atoms with van der Waals surface area (Å²) < 4.78 is 33.8. The molecule has 6 nitrogen and oxygen atoms in total. The molecular formula is C19H29F3N4O2. The van der Waals surface area contributed by atoms with Crippen LogP contribution < -0.4 is 5.32 Å². The number of anilines is 1. The largest absolute Gasteiger partial charge is 0.490 e. The van der Waals surface area contributed by atoms with Crippen molar-refractivity contribution in [2.45, 2.75) is 38.3 Å². The van der Waals surface area contributed by atoms with Gasteiger partial charge in [0.25, 0.3) is 0 Å². The molecule has 0 aromatic carbocycles. The molecule has 2 heterocycles. The van der Waals surface area contributed by atoms with Gasteiger partial charge in [-0.1, -0.05) is 6.42 Å². The molecule has 1 aliphatic heterocycles. The van der Waals surface area contributed by atoms with E-state index in [9.17, 15) is 13.2 Å². The highest BCUT2D eigenvalue weighted by Gasteiger charge is 2.41. The van der Waals surface area contributed by atoms with Crippen LogP contribution in [0.4, 0.5) is 19.1 Å². The standard InChI is InChI=1S/C17H28N4.C2HF3O2/c1-20-8-7-18-17(20)19-9-14-3-2-4-15-11-21(12-16(14)15)10-13-5-6-13;3-2(4,5)1(6)7/h7-8,13-16H,2-6,9-12H2,1H3,(H,18,19);(H,6,7)/t14-,15+,16+;/m0./s1. The van der Waals surface area contributed by atoms with E-state index in [0.29, 0.717) is 0 Å². The van der Waals surface area contributed by atoms with E-state index in [1.807, 2.05) is 12.4 Å². The van der Waals surface area contributed by atoms with Crippen LogP contribution in [0.3, 0.4) is 0 Å². The first-order valence-electron chi connectivity index (χ1n) is 9.97. The summed E-state index contributed by atoms with van der Waals surface area (Å²) in [6.45, 7) is 5.21. The number of alkyl halides is 3. The van der Waals surface area contributed by atoms with Crippen LogP contribution in [0, 0.1) is 23.7 Å². The van der Waals surface area contributed by atoms with Crippen molar-refractivity contribution in [2.24, 2.45) is 30.7 Å². The normalized spacial score (nSPS) is 27.6. The average Bonchev–Trinajstić information content (AvgIpc) is 3.18. The highest BCUT2D eigenvalue weighted by Crippen LogP contribution is 2.41. The molecule has 9 heteroatoms. The Morgan fingerprint density at radius 1 is 1.29 bits per heavy atom. The first-order chi connectivity index (χ1) is 13.2. The number of carbonyl (C=O) groups is 1. The molecule has 0 spiro atoms. The maximum Gasteiger partial charge on any atom is 0.490 e. The highest BCUT2D eigenvalue weighted by atomic mass is 19.4. The van der Waals surface area contributed by atoms with Gasteiger partial charge in [0.2, 0.25) is 5.95 Å². The van der Waals surface area contributed by atoms with Gasteiger partial charge >= 0.3 is 12.1 Å². The maximum absolute atomic E-state index is 10.6. The molecule has 4 rings (SSSR count). The van der Waals surface area contributed by atoms with E-state index in [4.69, 9.17) is 9.90 Å². The van der Waals surface area contributed by atoms with E-state index in [2.05, 4.69) is 26.8 Å². The molecule has 2 aliphatic carbocycles. The van der Waals surface area contributed by atoms with Crippen molar-refractivity contribution < 1.29 is 23.1 Å². The van der Waals surface area contributed by atoms with Gasteiger partial charge in [-0.25, -0.2) is 9.78 Å². The van der Waals surface area contributed by atoms with Crippen LogP contribution >= 0.6 is 0 Å². The molecule has 2 saturated carbocycles. The average molecular weight is 402 g/mol. The minimum absolute atomic E-state index is 0.838. The van der Waals surface area contributed by atoms with Gasteiger partial charge in [0.15, 0.2) is 0 Å². The van der Waals surface area contributed by atoms with Gasteiger partial charge in [-0.15, -0.1) is 0 Å². The number of likely N-dealkylation sites (tertiary alicyclic amines) is 1. The summed E-state index contributed by atoms with van der Waals surface area (Å²) in [5, 5.41) is 10.7. The number of halogens is 3. The Hall–Kier alpha value is -1.77. The van der Waals surface area contributed by atoms with Gasteiger partial charge in [0.05, 0.1) is 0 Å². The first-order valence-corrected chi connectivity index (χ1v) is 9.97. The number of aryl methyl sites for hydroxylation is 1. The molecule has 1 saturated heterocycles. The monoisotopic (exact) mass is 402 g/mol. The number of fused-ring (bicyclic) bond motifs is 1. The van der Waals surface area contributed by atoms with Gasteiger partial charge in [0, 0.05) is 45.6 Å². The Morgan fingerprint density at radius 3 is 2.57 bits per heavy atom. The van der Waals surface area contributed by atoms with Gasteiger partial charge in [-0.3, -0.25) is 0 Å². The van der Waals surface area contributed by atoms with Crippen LogP contribution in [0.15, 0.2) is 12.4 Å². The minimum atomic E-state index is -5.08. The quantitative estimate of drug-likeness (QED) is 0.791. The van der Waals surface area contributed by atoms with Crippen molar-refractivity contribution in [3.05, 3.63) is 12.4 Å². The molecule has 0 radical (unpaired) electrons. The summed E-state index contributed by atoms with van der Waals surface area (Å²) in [5.41, 5.74) is 0. The Labute approximate surface area is 163 Å². The number of carboxylic acid groups (broad SMARTS) is 1. The Bertz CT molecular complexity index is 660. The van der Waals surface area contributed by atoms with Crippen molar-refractivity contribution in [1.82, 2.24) is 14.5 Å². The molecule has 3 atom stereocenters. The van der Waals surface area contributed by atoms with Crippen LogP contribution in [0.25, 0.3) is 0 Å². The number of rotatable bonds is 5. The first kappa shape index (κ1) is 21.0. The molecule has 1 aromatic rings. The summed E-state index contributed by atoms with van der Waals surface area (Å²) >= 11 is 0. The maximum atomic E-state index is 10.6. The zero-order valence-electron chi connectivity index (χ0n) is 16.2. The Balaban J connectivity index is 0.000000279. The smallest absolute Gasteiger partial charge is 0.475 e. The lowest BCUT2D eigenvalue weighted by molar-refractivity contribution is -0.192. The second-order valence-corrected chi connectivity index (χ2v) is 8.32. The predicted molar refractivity (Wildman–Crippen MR) is 98.9 cm³/mol.